The largest absolute Gasteiger partial charge is 0.496 e. The molecule has 0 bridgehead atoms. The van der Waals surface area contributed by atoms with Crippen molar-refractivity contribution in [2.24, 2.45) is 0 Å². The molecule has 0 saturated carbocycles. The van der Waals surface area contributed by atoms with Gasteiger partial charge < -0.3 is 14.4 Å². The first-order chi connectivity index (χ1) is 14.6. The zero-order valence-electron chi connectivity index (χ0n) is 18.3. The lowest BCUT2D eigenvalue weighted by atomic mass is 10.0. The molecule has 0 amide bonds. The molecule has 160 valence electrons. The molecular weight excluding hydrogens is 376 g/mol. The summed E-state index contributed by atoms with van der Waals surface area (Å²) in [5.74, 6) is 0.817. The van der Waals surface area contributed by atoms with Crippen molar-refractivity contribution in [3.8, 4) is 5.75 Å². The molecule has 5 heteroatoms. The zero-order valence-corrected chi connectivity index (χ0v) is 18.3. The van der Waals surface area contributed by atoms with Gasteiger partial charge >= 0.3 is 0 Å². The summed E-state index contributed by atoms with van der Waals surface area (Å²) in [5, 5.41) is 0. The predicted octanol–water partition coefficient (Wildman–Crippen LogP) is 4.27. The van der Waals surface area contributed by atoms with E-state index in [2.05, 4.69) is 47.9 Å². The molecule has 0 radical (unpaired) electrons. The van der Waals surface area contributed by atoms with Crippen LogP contribution in [0.15, 0.2) is 48.5 Å². The first-order valence-electron chi connectivity index (χ1n) is 10.7. The molecule has 1 aliphatic rings. The van der Waals surface area contributed by atoms with E-state index in [1.165, 1.54) is 5.69 Å². The molecule has 1 saturated heterocycles. The first-order valence-corrected chi connectivity index (χ1v) is 10.7. The Balaban J connectivity index is 1.69. The van der Waals surface area contributed by atoms with Gasteiger partial charge in [-0.3, -0.25) is 9.69 Å². The Morgan fingerprint density at radius 2 is 1.80 bits per heavy atom. The van der Waals surface area contributed by atoms with Crippen molar-refractivity contribution in [1.82, 2.24) is 4.90 Å². The van der Waals surface area contributed by atoms with Gasteiger partial charge in [0.2, 0.25) is 0 Å². The lowest BCUT2D eigenvalue weighted by Crippen LogP contribution is -2.36. The van der Waals surface area contributed by atoms with Gasteiger partial charge in [0.1, 0.15) is 5.75 Å². The fourth-order valence-corrected chi connectivity index (χ4v) is 3.63. The van der Waals surface area contributed by atoms with Crippen LogP contribution in [0, 0.1) is 0 Å². The standard InChI is InChI=1S/C25H32N2O3/c1-4-26(5-2)19-22-18-21(9-13-25(22)29-3)24(28)12-8-20-6-10-23(11-7-20)27-14-16-30-17-15-27/h6-13,18H,4-5,14-17,19H2,1-3H3/b12-8+. The number of allylic oxidation sites excluding steroid dienone is 1. The van der Waals surface area contributed by atoms with Gasteiger partial charge in [-0.2, -0.15) is 0 Å². The molecule has 5 nitrogen and oxygen atoms in total. The Morgan fingerprint density at radius 1 is 1.10 bits per heavy atom. The van der Waals surface area contributed by atoms with E-state index in [-0.39, 0.29) is 5.78 Å². The second-order valence-electron chi connectivity index (χ2n) is 7.38. The van der Waals surface area contributed by atoms with Gasteiger partial charge in [0.05, 0.1) is 20.3 Å². The van der Waals surface area contributed by atoms with Crippen LogP contribution in [0.2, 0.25) is 0 Å². The fraction of sp³-hybridized carbons (Fsp3) is 0.400. The third-order valence-electron chi connectivity index (χ3n) is 5.55. The van der Waals surface area contributed by atoms with E-state index in [1.807, 2.05) is 24.3 Å². The van der Waals surface area contributed by atoms with Crippen molar-refractivity contribution in [3.63, 3.8) is 0 Å². The Morgan fingerprint density at radius 3 is 2.43 bits per heavy atom. The van der Waals surface area contributed by atoms with Crippen LogP contribution >= 0.6 is 0 Å². The molecule has 1 fully saturated rings. The SMILES string of the molecule is CCN(CC)Cc1cc(C(=O)/C=C/c2ccc(N3CCOCC3)cc2)ccc1OC. The van der Waals surface area contributed by atoms with Crippen molar-refractivity contribution >= 4 is 17.5 Å². The van der Waals surface area contributed by atoms with Crippen molar-refractivity contribution in [2.75, 3.05) is 51.4 Å². The summed E-state index contributed by atoms with van der Waals surface area (Å²) in [7, 11) is 1.67. The molecule has 3 rings (SSSR count). The second-order valence-corrected chi connectivity index (χ2v) is 7.38. The van der Waals surface area contributed by atoms with Gasteiger partial charge in [-0.05, 0) is 55.1 Å². The lowest BCUT2D eigenvalue weighted by Gasteiger charge is -2.28. The Labute approximate surface area is 179 Å². The fourth-order valence-electron chi connectivity index (χ4n) is 3.63. The minimum atomic E-state index is -0.00398. The van der Waals surface area contributed by atoms with E-state index in [4.69, 9.17) is 9.47 Å². The van der Waals surface area contributed by atoms with Crippen LogP contribution in [0.25, 0.3) is 6.08 Å². The molecule has 0 atom stereocenters. The Bertz CT molecular complexity index is 851. The third-order valence-corrected chi connectivity index (χ3v) is 5.55. The maximum Gasteiger partial charge on any atom is 0.185 e. The van der Waals surface area contributed by atoms with E-state index in [0.29, 0.717) is 5.56 Å². The highest BCUT2D eigenvalue weighted by atomic mass is 16.5. The van der Waals surface area contributed by atoms with Gasteiger partial charge in [0.15, 0.2) is 5.78 Å². The van der Waals surface area contributed by atoms with Crippen LogP contribution in [0.3, 0.4) is 0 Å². The molecule has 0 spiro atoms. The van der Waals surface area contributed by atoms with E-state index in [1.54, 1.807) is 13.2 Å². The number of hydrogen-bond donors (Lipinski definition) is 0. The van der Waals surface area contributed by atoms with Crippen LogP contribution in [0.1, 0.15) is 35.3 Å². The van der Waals surface area contributed by atoms with Crippen LogP contribution < -0.4 is 9.64 Å². The molecule has 0 unspecified atom stereocenters. The summed E-state index contributed by atoms with van der Waals surface area (Å²) < 4.78 is 10.9. The maximum absolute atomic E-state index is 12.7. The smallest absolute Gasteiger partial charge is 0.185 e. The topological polar surface area (TPSA) is 42.0 Å². The van der Waals surface area contributed by atoms with E-state index in [0.717, 1.165) is 62.8 Å². The van der Waals surface area contributed by atoms with Crippen molar-refractivity contribution in [3.05, 3.63) is 65.2 Å². The molecule has 1 heterocycles. The molecule has 2 aromatic carbocycles. The van der Waals surface area contributed by atoms with Crippen LogP contribution in [0.5, 0.6) is 5.75 Å². The monoisotopic (exact) mass is 408 g/mol. The minimum Gasteiger partial charge on any atom is -0.496 e. The molecule has 0 aliphatic carbocycles. The van der Waals surface area contributed by atoms with Crippen LogP contribution in [-0.4, -0.2) is 57.2 Å². The summed E-state index contributed by atoms with van der Waals surface area (Å²) in [6, 6.07) is 14.0. The normalized spacial score (nSPS) is 14.5. The number of rotatable bonds is 9. The third kappa shape index (κ3) is 5.71. The summed E-state index contributed by atoms with van der Waals surface area (Å²) in [4.78, 5) is 17.4. The maximum atomic E-state index is 12.7. The molecule has 0 N–H and O–H groups in total. The number of morpholine rings is 1. The van der Waals surface area contributed by atoms with E-state index in [9.17, 15) is 4.79 Å². The molecule has 2 aromatic rings. The molecule has 30 heavy (non-hydrogen) atoms. The average molecular weight is 409 g/mol. The van der Waals surface area contributed by atoms with Gasteiger partial charge in [0.25, 0.3) is 0 Å². The van der Waals surface area contributed by atoms with Gasteiger partial charge in [0, 0.05) is 36.4 Å². The van der Waals surface area contributed by atoms with Crippen LogP contribution in [-0.2, 0) is 11.3 Å². The molecular formula is C25H32N2O3. The number of benzene rings is 2. The number of ether oxygens (including phenoxy) is 2. The number of anilines is 1. The highest BCUT2D eigenvalue weighted by Gasteiger charge is 2.12. The number of carbonyl (C=O) groups excluding carboxylic acids is 1. The molecule has 0 aromatic heterocycles. The summed E-state index contributed by atoms with van der Waals surface area (Å²) in [6.07, 6.45) is 3.52. The summed E-state index contributed by atoms with van der Waals surface area (Å²) in [5.41, 5.74) is 3.92. The summed E-state index contributed by atoms with van der Waals surface area (Å²) in [6.45, 7) is 10.3. The quantitative estimate of drug-likeness (QED) is 0.458. The van der Waals surface area contributed by atoms with Crippen molar-refractivity contribution < 1.29 is 14.3 Å². The molecule has 1 aliphatic heterocycles. The summed E-state index contributed by atoms with van der Waals surface area (Å²) >= 11 is 0. The predicted molar refractivity (Wildman–Crippen MR) is 122 cm³/mol. The average Bonchev–Trinajstić information content (AvgIpc) is 2.81. The Hall–Kier alpha value is -2.63. The minimum absolute atomic E-state index is 0.00398. The second kappa shape index (κ2) is 11.0. The van der Waals surface area contributed by atoms with Gasteiger partial charge in [-0.15, -0.1) is 0 Å². The van der Waals surface area contributed by atoms with Crippen molar-refractivity contribution in [2.45, 2.75) is 20.4 Å². The van der Waals surface area contributed by atoms with E-state index < -0.39 is 0 Å². The zero-order chi connectivity index (χ0) is 21.3. The lowest BCUT2D eigenvalue weighted by molar-refractivity contribution is 0.104. The van der Waals surface area contributed by atoms with Gasteiger partial charge in [-0.1, -0.05) is 32.1 Å². The van der Waals surface area contributed by atoms with Crippen molar-refractivity contribution in [1.29, 1.82) is 0 Å². The highest BCUT2D eigenvalue weighted by molar-refractivity contribution is 6.07. The number of carbonyl (C=O) groups is 1. The van der Waals surface area contributed by atoms with E-state index >= 15 is 0 Å². The van der Waals surface area contributed by atoms with Crippen LogP contribution in [0.4, 0.5) is 5.69 Å². The number of nitrogens with zero attached hydrogens (tertiary/aromatic N) is 2. The highest BCUT2D eigenvalue weighted by Crippen LogP contribution is 2.23. The first kappa shape index (κ1) is 22.1. The van der Waals surface area contributed by atoms with Gasteiger partial charge in [-0.25, -0.2) is 0 Å². The number of hydrogen-bond acceptors (Lipinski definition) is 5. The number of ketones is 1. The number of methoxy groups -OCH3 is 1. The Kier molecular flexibility index (Phi) is 8.05.